The molecule has 9 heteroatoms. The molecular formula is C23H26LiN3O5. The molecule has 8 nitrogen and oxygen atoms in total. The fourth-order valence-corrected chi connectivity index (χ4v) is 4.26. The summed E-state index contributed by atoms with van der Waals surface area (Å²) in [5, 5.41) is 0. The zero-order valence-electron chi connectivity index (χ0n) is 18.7. The van der Waals surface area contributed by atoms with Gasteiger partial charge in [-0.1, -0.05) is 25.0 Å². The predicted molar refractivity (Wildman–Crippen MR) is 115 cm³/mol. The van der Waals surface area contributed by atoms with Crippen molar-refractivity contribution < 1.29 is 37.9 Å². The van der Waals surface area contributed by atoms with Gasteiger partial charge in [-0.15, -0.1) is 0 Å². The molecule has 0 N–H and O–H groups in total. The minimum absolute atomic E-state index is 0. The molecule has 32 heavy (non-hydrogen) atoms. The fourth-order valence-electron chi connectivity index (χ4n) is 4.26. The molecule has 0 spiro atoms. The first kappa shape index (κ1) is 24.0. The van der Waals surface area contributed by atoms with Crippen molar-refractivity contribution >= 4 is 17.6 Å². The van der Waals surface area contributed by atoms with Crippen LogP contribution in [0.25, 0.3) is 11.2 Å². The van der Waals surface area contributed by atoms with Crippen LogP contribution in [0.4, 0.5) is 0 Å². The average molecular weight is 431 g/mol. The summed E-state index contributed by atoms with van der Waals surface area (Å²) in [6.45, 7) is 2.35. The van der Waals surface area contributed by atoms with Gasteiger partial charge in [-0.05, 0) is 43.0 Å². The molecule has 2 heterocycles. The van der Waals surface area contributed by atoms with Gasteiger partial charge in [0.05, 0.1) is 18.7 Å². The minimum atomic E-state index is -0.221. The standard InChI is InChI=1S/C23H26N3O5.Li/c1-25-19-10-11-21(30-14-16-6-5-8-18(12-16)29-2)24-22(19)26(23(25)28)13-17-7-3-4-9-20(17)31-15-27;/h5-6,8,10-12,17,20H,3-4,7,9,13-14H2,1-2H3;/q-1;+1. The van der Waals surface area contributed by atoms with E-state index in [1.807, 2.05) is 30.3 Å². The van der Waals surface area contributed by atoms with Gasteiger partial charge in [-0.2, -0.15) is 4.98 Å². The number of hydrogen-bond acceptors (Lipinski definition) is 6. The first-order valence-electron chi connectivity index (χ1n) is 10.5. The van der Waals surface area contributed by atoms with Crippen LogP contribution in [0.1, 0.15) is 31.2 Å². The van der Waals surface area contributed by atoms with Crippen LogP contribution in [0, 0.1) is 5.92 Å². The van der Waals surface area contributed by atoms with Crippen molar-refractivity contribution in [2.45, 2.75) is 44.9 Å². The first-order valence-corrected chi connectivity index (χ1v) is 10.5. The summed E-state index contributed by atoms with van der Waals surface area (Å²) in [5.74, 6) is 1.26. The molecule has 0 bridgehead atoms. The van der Waals surface area contributed by atoms with E-state index in [0.717, 1.165) is 42.5 Å². The molecule has 1 aliphatic rings. The van der Waals surface area contributed by atoms with Crippen molar-refractivity contribution in [2.75, 3.05) is 7.11 Å². The van der Waals surface area contributed by atoms with Crippen molar-refractivity contribution in [3.05, 3.63) is 52.4 Å². The van der Waals surface area contributed by atoms with E-state index in [1.165, 1.54) is 0 Å². The molecule has 2 atom stereocenters. The minimum Gasteiger partial charge on any atom is -0.650 e. The molecule has 0 radical (unpaired) electrons. The third-order valence-electron chi connectivity index (χ3n) is 5.94. The molecule has 1 fully saturated rings. The molecule has 4 rings (SSSR count). The summed E-state index contributed by atoms with van der Waals surface area (Å²) in [4.78, 5) is 28.3. The summed E-state index contributed by atoms with van der Waals surface area (Å²) in [6.07, 6.45) is 3.52. The molecule has 0 aliphatic heterocycles. The Morgan fingerprint density at radius 3 is 2.78 bits per heavy atom. The van der Waals surface area contributed by atoms with Crippen molar-refractivity contribution in [3.8, 4) is 11.6 Å². The largest absolute Gasteiger partial charge is 1.00 e. The van der Waals surface area contributed by atoms with Gasteiger partial charge < -0.3 is 19.0 Å². The van der Waals surface area contributed by atoms with E-state index in [0.29, 0.717) is 24.7 Å². The van der Waals surface area contributed by atoms with Crippen molar-refractivity contribution in [2.24, 2.45) is 13.0 Å². The number of aromatic nitrogens is 3. The molecule has 0 saturated heterocycles. The van der Waals surface area contributed by atoms with E-state index < -0.39 is 0 Å². The SMILES string of the molecule is COc1cccc(COc2ccc3c(n2)n(CC2CCCCC2O[C-]=O)c(=O)n3C)c1.[Li+]. The molecule has 1 aliphatic carbocycles. The first-order chi connectivity index (χ1) is 15.1. The summed E-state index contributed by atoms with van der Waals surface area (Å²) >= 11 is 0. The second kappa shape index (κ2) is 10.8. The monoisotopic (exact) mass is 431 g/mol. The summed E-state index contributed by atoms with van der Waals surface area (Å²) in [5.41, 5.74) is 2.11. The van der Waals surface area contributed by atoms with E-state index in [1.54, 1.807) is 35.8 Å². The molecule has 1 aromatic carbocycles. The Balaban J connectivity index is 0.00000289. The van der Waals surface area contributed by atoms with Gasteiger partial charge in [0.2, 0.25) is 5.88 Å². The maximum atomic E-state index is 12.9. The smallest absolute Gasteiger partial charge is 0.650 e. The quantitative estimate of drug-likeness (QED) is 0.368. The van der Waals surface area contributed by atoms with Gasteiger partial charge in [0.1, 0.15) is 12.4 Å². The van der Waals surface area contributed by atoms with Crippen LogP contribution in [0.3, 0.4) is 0 Å². The van der Waals surface area contributed by atoms with Gasteiger partial charge in [-0.3, -0.25) is 9.13 Å². The molecular weight excluding hydrogens is 405 g/mol. The summed E-state index contributed by atoms with van der Waals surface area (Å²) in [6, 6.07) is 11.2. The van der Waals surface area contributed by atoms with E-state index >= 15 is 0 Å². The third-order valence-corrected chi connectivity index (χ3v) is 5.94. The van der Waals surface area contributed by atoms with Crippen molar-refractivity contribution in [3.63, 3.8) is 0 Å². The number of imidazole rings is 1. The Bertz CT molecular complexity index is 1130. The molecule has 2 aromatic heterocycles. The second-order valence-electron chi connectivity index (χ2n) is 7.87. The third kappa shape index (κ3) is 5.03. The number of ether oxygens (including phenoxy) is 3. The zero-order chi connectivity index (χ0) is 21.8. The molecule has 1 saturated carbocycles. The number of pyridine rings is 1. The van der Waals surface area contributed by atoms with E-state index in [9.17, 15) is 9.59 Å². The van der Waals surface area contributed by atoms with Crippen LogP contribution >= 0.6 is 0 Å². The van der Waals surface area contributed by atoms with Gasteiger partial charge >= 0.3 is 24.6 Å². The topological polar surface area (TPSA) is 84.6 Å². The number of nitrogens with zero attached hydrogens (tertiary/aromatic N) is 3. The van der Waals surface area contributed by atoms with Crippen LogP contribution in [-0.2, 0) is 29.7 Å². The van der Waals surface area contributed by atoms with E-state index in [4.69, 9.17) is 14.2 Å². The van der Waals surface area contributed by atoms with Crippen LogP contribution in [0.2, 0.25) is 0 Å². The Morgan fingerprint density at radius 1 is 1.19 bits per heavy atom. The average Bonchev–Trinajstić information content (AvgIpc) is 3.03. The summed E-state index contributed by atoms with van der Waals surface area (Å²) < 4.78 is 19.5. The number of aryl methyl sites for hydroxylation is 1. The normalized spacial score (nSPS) is 18.1. The maximum Gasteiger partial charge on any atom is 1.00 e. The molecule has 0 amide bonds. The summed E-state index contributed by atoms with van der Waals surface area (Å²) in [7, 11) is 3.35. The predicted octanol–water partition coefficient (Wildman–Crippen LogP) is -0.0308. The van der Waals surface area contributed by atoms with Crippen LogP contribution < -0.4 is 34.0 Å². The van der Waals surface area contributed by atoms with E-state index in [-0.39, 0.29) is 36.6 Å². The van der Waals surface area contributed by atoms with Gasteiger partial charge in [-0.25, -0.2) is 4.79 Å². The number of rotatable bonds is 8. The molecule has 3 aromatic rings. The zero-order valence-corrected chi connectivity index (χ0v) is 18.7. The maximum absolute atomic E-state index is 12.9. The van der Waals surface area contributed by atoms with Crippen molar-refractivity contribution in [1.82, 2.24) is 14.1 Å². The Morgan fingerprint density at radius 2 is 2.00 bits per heavy atom. The van der Waals surface area contributed by atoms with E-state index in [2.05, 4.69) is 4.98 Å². The molecule has 2 unspecified atom stereocenters. The fraction of sp³-hybridized carbons (Fsp3) is 0.435. The van der Waals surface area contributed by atoms with Crippen LogP contribution in [0.15, 0.2) is 41.2 Å². The number of methoxy groups -OCH3 is 1. The molecule has 164 valence electrons. The van der Waals surface area contributed by atoms with Crippen LogP contribution in [-0.4, -0.2) is 33.8 Å². The van der Waals surface area contributed by atoms with Crippen molar-refractivity contribution in [1.29, 1.82) is 0 Å². The number of benzene rings is 1. The Hall–Kier alpha value is -2.69. The second-order valence-corrected chi connectivity index (χ2v) is 7.87. The van der Waals surface area contributed by atoms with Gasteiger partial charge in [0, 0.05) is 25.6 Å². The van der Waals surface area contributed by atoms with Gasteiger partial charge in [0.15, 0.2) is 5.65 Å². The Labute approximate surface area is 198 Å². The number of carbonyl (C=O) groups excluding carboxylic acids is 1. The Kier molecular flexibility index (Phi) is 8.05. The van der Waals surface area contributed by atoms with Crippen LogP contribution in [0.5, 0.6) is 11.6 Å². The number of fused-ring (bicyclic) bond motifs is 1. The van der Waals surface area contributed by atoms with Gasteiger partial charge in [0.25, 0.3) is 0 Å². The number of hydrogen-bond donors (Lipinski definition) is 0.